The molecule has 1 fully saturated rings. The van der Waals surface area contributed by atoms with E-state index in [2.05, 4.69) is 15.3 Å². The number of ketones is 1. The molecule has 1 aliphatic rings. The minimum absolute atomic E-state index is 0.0414. The van der Waals surface area contributed by atoms with E-state index in [0.29, 0.717) is 53.7 Å². The van der Waals surface area contributed by atoms with Crippen LogP contribution in [0.5, 0.6) is 5.75 Å². The Kier molecular flexibility index (Phi) is 5.39. The van der Waals surface area contributed by atoms with Crippen molar-refractivity contribution in [3.8, 4) is 16.9 Å². The van der Waals surface area contributed by atoms with Crippen molar-refractivity contribution >= 4 is 51.2 Å². The van der Waals surface area contributed by atoms with Crippen molar-refractivity contribution in [3.63, 3.8) is 0 Å². The Labute approximate surface area is 192 Å². The molecule has 0 unspecified atom stereocenters. The molecule has 9 heteroatoms. The Hall–Kier alpha value is -3.62. The van der Waals surface area contributed by atoms with Crippen LogP contribution in [0.3, 0.4) is 0 Å². The van der Waals surface area contributed by atoms with Gasteiger partial charge in [0, 0.05) is 37.1 Å². The molecule has 0 spiro atoms. The highest BCUT2D eigenvalue weighted by molar-refractivity contribution is 6.35. The van der Waals surface area contributed by atoms with E-state index in [9.17, 15) is 14.7 Å². The number of hydrogen-bond acceptors (Lipinski definition) is 7. The van der Waals surface area contributed by atoms with Crippen LogP contribution in [0.2, 0.25) is 5.02 Å². The minimum Gasteiger partial charge on any atom is -0.508 e. The van der Waals surface area contributed by atoms with E-state index < -0.39 is 11.6 Å². The summed E-state index contributed by atoms with van der Waals surface area (Å²) in [6.45, 7) is 2.54. The number of carbonyl (C=O) groups is 2. The van der Waals surface area contributed by atoms with Gasteiger partial charge in [0.2, 0.25) is 5.82 Å². The number of halogens is 2. The fourth-order valence-corrected chi connectivity index (χ4v) is 4.50. The average molecular weight is 465 g/mol. The summed E-state index contributed by atoms with van der Waals surface area (Å²) in [5.41, 5.74) is 0.321. The molecule has 166 valence electrons. The van der Waals surface area contributed by atoms with Crippen LogP contribution in [0, 0.1) is 5.82 Å². The van der Waals surface area contributed by atoms with E-state index in [4.69, 9.17) is 11.6 Å². The van der Waals surface area contributed by atoms with Gasteiger partial charge < -0.3 is 15.3 Å². The first kappa shape index (κ1) is 21.2. The molecule has 5 rings (SSSR count). The zero-order chi connectivity index (χ0) is 23.1. The number of anilines is 1. The lowest BCUT2D eigenvalue weighted by Crippen LogP contribution is -2.44. The summed E-state index contributed by atoms with van der Waals surface area (Å²) in [6.07, 6.45) is 0.111. The highest BCUT2D eigenvalue weighted by atomic mass is 35.5. The number of Topliss-reactive ketones (excluding diaryl/α,β-unsaturated/α-hetero) is 1. The smallest absolute Gasteiger partial charge is 0.262 e. The maximum Gasteiger partial charge on any atom is 0.262 e. The van der Waals surface area contributed by atoms with Gasteiger partial charge in [0.25, 0.3) is 5.78 Å². The molecule has 0 aliphatic carbocycles. The molecule has 4 aromatic rings. The van der Waals surface area contributed by atoms with Gasteiger partial charge in [-0.2, -0.15) is 0 Å². The molecule has 7 nitrogen and oxygen atoms in total. The van der Waals surface area contributed by atoms with Crippen LogP contribution in [0.1, 0.15) is 10.6 Å². The lowest BCUT2D eigenvalue weighted by Gasteiger charge is -2.29. The fraction of sp³-hybridized carbons (Fsp3) is 0.167. The van der Waals surface area contributed by atoms with Gasteiger partial charge in [-0.15, -0.1) is 0 Å². The molecule has 0 atom stereocenters. The van der Waals surface area contributed by atoms with Gasteiger partial charge in [-0.05, 0) is 34.5 Å². The highest BCUT2D eigenvalue weighted by Crippen LogP contribution is 2.42. The van der Waals surface area contributed by atoms with Gasteiger partial charge >= 0.3 is 0 Å². The average Bonchev–Trinajstić information content (AvgIpc) is 2.83. The standard InChI is InChI=1S/C24H18ClFN4O3/c25-18-11-17-22(28-23(19(33)12-31)29-24(17)30-7-5-27-6-8-30)21(26)20(18)16-10-14(32)9-13-3-1-2-4-15(13)16/h1-4,9-12,27,32H,5-8H2. The lowest BCUT2D eigenvalue weighted by molar-refractivity contribution is -0.104. The first-order chi connectivity index (χ1) is 16.0. The number of fused-ring (bicyclic) bond motifs is 2. The number of hydrogen-bond donors (Lipinski definition) is 2. The first-order valence-electron chi connectivity index (χ1n) is 10.3. The Morgan fingerprint density at radius 2 is 1.88 bits per heavy atom. The van der Waals surface area contributed by atoms with E-state index in [1.54, 1.807) is 30.3 Å². The number of rotatable bonds is 4. The number of nitrogens with zero attached hydrogens (tertiary/aromatic N) is 3. The summed E-state index contributed by atoms with van der Waals surface area (Å²) < 4.78 is 16.1. The summed E-state index contributed by atoms with van der Waals surface area (Å²) in [6, 6.07) is 11.8. The van der Waals surface area contributed by atoms with Crippen molar-refractivity contribution in [2.45, 2.75) is 0 Å². The number of phenolic OH excluding ortho intramolecular Hbond substituents is 1. The topological polar surface area (TPSA) is 95.4 Å². The maximum atomic E-state index is 16.1. The van der Waals surface area contributed by atoms with E-state index >= 15 is 4.39 Å². The third kappa shape index (κ3) is 3.67. The van der Waals surface area contributed by atoms with Crippen LogP contribution >= 0.6 is 11.6 Å². The number of carbonyl (C=O) groups excluding carboxylic acids is 2. The van der Waals surface area contributed by atoms with E-state index in [0.717, 1.165) is 0 Å². The van der Waals surface area contributed by atoms with Crippen molar-refractivity contribution in [3.05, 3.63) is 59.1 Å². The molecule has 3 aromatic carbocycles. The van der Waals surface area contributed by atoms with Gasteiger partial charge in [0.05, 0.1) is 5.02 Å². The summed E-state index contributed by atoms with van der Waals surface area (Å²) in [5, 5.41) is 15.3. The zero-order valence-corrected chi connectivity index (χ0v) is 18.1. The van der Waals surface area contributed by atoms with E-state index in [-0.39, 0.29) is 34.0 Å². The van der Waals surface area contributed by atoms with Crippen molar-refractivity contribution in [2.75, 3.05) is 31.1 Å². The quantitative estimate of drug-likeness (QED) is 0.270. The zero-order valence-electron chi connectivity index (χ0n) is 17.3. The van der Waals surface area contributed by atoms with Crippen molar-refractivity contribution in [1.29, 1.82) is 0 Å². The molecule has 2 N–H and O–H groups in total. The monoisotopic (exact) mass is 464 g/mol. The Morgan fingerprint density at radius 1 is 1.12 bits per heavy atom. The third-order valence-corrected chi connectivity index (χ3v) is 6.02. The maximum absolute atomic E-state index is 16.1. The Morgan fingerprint density at radius 3 is 2.64 bits per heavy atom. The molecule has 1 aromatic heterocycles. The van der Waals surface area contributed by atoms with Gasteiger partial charge in [-0.1, -0.05) is 35.9 Å². The molecule has 0 bridgehead atoms. The number of aromatic nitrogens is 2. The molecule has 0 saturated carbocycles. The molecular weight excluding hydrogens is 447 g/mol. The number of piperazine rings is 1. The number of aromatic hydroxyl groups is 1. The van der Waals surface area contributed by atoms with E-state index in [1.165, 1.54) is 6.07 Å². The van der Waals surface area contributed by atoms with Crippen molar-refractivity contribution in [1.82, 2.24) is 15.3 Å². The van der Waals surface area contributed by atoms with Crippen molar-refractivity contribution < 1.29 is 19.1 Å². The highest BCUT2D eigenvalue weighted by Gasteiger charge is 2.25. The lowest BCUT2D eigenvalue weighted by atomic mass is 9.96. The number of aldehydes is 1. The first-order valence-corrected chi connectivity index (χ1v) is 10.7. The van der Waals surface area contributed by atoms with Crippen LogP contribution in [-0.2, 0) is 4.79 Å². The van der Waals surface area contributed by atoms with Crippen LogP contribution in [0.15, 0.2) is 42.5 Å². The third-order valence-electron chi connectivity index (χ3n) is 5.72. The molecule has 0 amide bonds. The SMILES string of the molecule is O=CC(=O)c1nc(N2CCNCC2)c2cc(Cl)c(-c3cc(O)cc4ccccc34)c(F)c2n1. The summed E-state index contributed by atoms with van der Waals surface area (Å²) in [7, 11) is 0. The Bertz CT molecular complexity index is 1440. The van der Waals surface area contributed by atoms with Crippen LogP contribution in [0.25, 0.3) is 32.8 Å². The van der Waals surface area contributed by atoms with Gasteiger partial charge in [0.1, 0.15) is 17.1 Å². The normalized spacial score (nSPS) is 14.1. The molecule has 33 heavy (non-hydrogen) atoms. The second-order valence-corrected chi connectivity index (χ2v) is 8.16. The fourth-order valence-electron chi connectivity index (χ4n) is 4.21. The summed E-state index contributed by atoms with van der Waals surface area (Å²) in [5.74, 6) is -1.77. The van der Waals surface area contributed by atoms with E-state index in [1.807, 2.05) is 11.0 Å². The van der Waals surface area contributed by atoms with Crippen LogP contribution < -0.4 is 10.2 Å². The van der Waals surface area contributed by atoms with Gasteiger partial charge in [-0.25, -0.2) is 14.4 Å². The van der Waals surface area contributed by atoms with Crippen molar-refractivity contribution in [2.24, 2.45) is 0 Å². The predicted octanol–water partition coefficient (Wildman–Crippen LogP) is 3.74. The molecule has 2 heterocycles. The number of benzene rings is 3. The summed E-state index contributed by atoms with van der Waals surface area (Å²) >= 11 is 6.61. The van der Waals surface area contributed by atoms with Crippen LogP contribution in [-0.4, -0.2) is 53.3 Å². The largest absolute Gasteiger partial charge is 0.508 e. The second-order valence-electron chi connectivity index (χ2n) is 7.75. The molecular formula is C24H18ClFN4O3. The van der Waals surface area contributed by atoms with Crippen LogP contribution in [0.4, 0.5) is 10.2 Å². The number of phenols is 1. The number of nitrogens with one attached hydrogen (secondary N) is 1. The van der Waals surface area contributed by atoms with Gasteiger partial charge in [0.15, 0.2) is 12.1 Å². The Balaban J connectivity index is 1.83. The molecule has 1 saturated heterocycles. The summed E-state index contributed by atoms with van der Waals surface area (Å²) in [4.78, 5) is 33.6. The van der Waals surface area contributed by atoms with Gasteiger partial charge in [-0.3, -0.25) is 9.59 Å². The predicted molar refractivity (Wildman–Crippen MR) is 125 cm³/mol. The second kappa shape index (κ2) is 8.38. The minimum atomic E-state index is -0.938. The molecule has 1 aliphatic heterocycles. The molecule has 0 radical (unpaired) electrons.